The van der Waals surface area contributed by atoms with Crippen molar-refractivity contribution in [3.05, 3.63) is 59.9 Å². The molecule has 0 heterocycles. The van der Waals surface area contributed by atoms with Crippen molar-refractivity contribution in [3.63, 3.8) is 0 Å². The predicted octanol–water partition coefficient (Wildman–Crippen LogP) is 2.33. The van der Waals surface area contributed by atoms with Crippen molar-refractivity contribution in [1.29, 1.82) is 0 Å². The first-order valence-electron chi connectivity index (χ1n) is 6.98. The molecule has 7 heteroatoms. The fraction of sp³-hybridized carbons (Fsp3) is 0.250. The molecule has 0 saturated heterocycles. The standard InChI is InChI=1S/C16H18FNO4S/c1-21-14-6-4-7-15(11-14)22-10-9-18-23(19,20)12-13-5-2-3-8-16(13)17/h2-8,11,18H,9-10,12H2,1H3. The zero-order valence-electron chi connectivity index (χ0n) is 12.7. The zero-order valence-corrected chi connectivity index (χ0v) is 13.5. The average Bonchev–Trinajstić information content (AvgIpc) is 2.54. The predicted molar refractivity (Wildman–Crippen MR) is 85.5 cm³/mol. The van der Waals surface area contributed by atoms with Crippen LogP contribution < -0.4 is 14.2 Å². The van der Waals surface area contributed by atoms with Gasteiger partial charge in [-0.3, -0.25) is 0 Å². The molecule has 0 saturated carbocycles. The largest absolute Gasteiger partial charge is 0.497 e. The maximum absolute atomic E-state index is 13.5. The first-order chi connectivity index (χ1) is 11.0. The van der Waals surface area contributed by atoms with E-state index in [4.69, 9.17) is 9.47 Å². The van der Waals surface area contributed by atoms with Crippen LogP contribution in [-0.4, -0.2) is 28.7 Å². The summed E-state index contributed by atoms with van der Waals surface area (Å²) in [6.07, 6.45) is 0. The topological polar surface area (TPSA) is 64.6 Å². The molecule has 23 heavy (non-hydrogen) atoms. The lowest BCUT2D eigenvalue weighted by Gasteiger charge is -2.10. The monoisotopic (exact) mass is 339 g/mol. The lowest BCUT2D eigenvalue weighted by Crippen LogP contribution is -2.29. The fourth-order valence-corrected chi connectivity index (χ4v) is 3.07. The summed E-state index contributed by atoms with van der Waals surface area (Å²) in [7, 11) is -2.07. The molecule has 124 valence electrons. The second-order valence-electron chi connectivity index (χ2n) is 4.77. The summed E-state index contributed by atoms with van der Waals surface area (Å²) < 4.78 is 50.2. The molecule has 0 aromatic heterocycles. The van der Waals surface area contributed by atoms with Crippen LogP contribution in [0.3, 0.4) is 0 Å². The molecule has 0 radical (unpaired) electrons. The Morgan fingerprint density at radius 1 is 1.09 bits per heavy atom. The van der Waals surface area contributed by atoms with Gasteiger partial charge in [0.1, 0.15) is 23.9 Å². The minimum Gasteiger partial charge on any atom is -0.497 e. The van der Waals surface area contributed by atoms with E-state index in [1.54, 1.807) is 37.4 Å². The molecule has 1 N–H and O–H groups in total. The van der Waals surface area contributed by atoms with Crippen molar-refractivity contribution in [1.82, 2.24) is 4.72 Å². The molecule has 0 fully saturated rings. The smallest absolute Gasteiger partial charge is 0.216 e. The molecule has 0 amide bonds. The highest BCUT2D eigenvalue weighted by Crippen LogP contribution is 2.18. The van der Waals surface area contributed by atoms with Crippen molar-refractivity contribution >= 4 is 10.0 Å². The highest BCUT2D eigenvalue weighted by Gasteiger charge is 2.13. The van der Waals surface area contributed by atoms with Crippen molar-refractivity contribution in [2.24, 2.45) is 0 Å². The summed E-state index contributed by atoms with van der Waals surface area (Å²) in [6, 6.07) is 12.8. The highest BCUT2D eigenvalue weighted by atomic mass is 32.2. The van der Waals surface area contributed by atoms with Crippen LogP contribution in [0.25, 0.3) is 0 Å². The number of halogens is 1. The maximum Gasteiger partial charge on any atom is 0.216 e. The van der Waals surface area contributed by atoms with Gasteiger partial charge in [-0.1, -0.05) is 24.3 Å². The number of sulfonamides is 1. The van der Waals surface area contributed by atoms with Gasteiger partial charge in [0.15, 0.2) is 0 Å². The van der Waals surface area contributed by atoms with Crippen LogP contribution in [0.4, 0.5) is 4.39 Å². The molecular weight excluding hydrogens is 321 g/mol. The van der Waals surface area contributed by atoms with Crippen LogP contribution in [-0.2, 0) is 15.8 Å². The van der Waals surface area contributed by atoms with E-state index >= 15 is 0 Å². The Hall–Kier alpha value is -2.12. The van der Waals surface area contributed by atoms with E-state index in [1.165, 1.54) is 18.2 Å². The minimum absolute atomic E-state index is 0.0913. The molecule has 0 aliphatic rings. The van der Waals surface area contributed by atoms with Gasteiger partial charge in [-0.2, -0.15) is 0 Å². The first-order valence-corrected chi connectivity index (χ1v) is 8.63. The zero-order chi connectivity index (χ0) is 16.7. The molecule has 0 aliphatic heterocycles. The van der Waals surface area contributed by atoms with Crippen molar-refractivity contribution < 1.29 is 22.3 Å². The van der Waals surface area contributed by atoms with Gasteiger partial charge in [-0.25, -0.2) is 17.5 Å². The summed E-state index contributed by atoms with van der Waals surface area (Å²) in [5.41, 5.74) is 0.133. The second-order valence-corrected chi connectivity index (χ2v) is 6.58. The molecule has 0 bridgehead atoms. The number of nitrogens with one attached hydrogen (secondary N) is 1. The summed E-state index contributed by atoms with van der Waals surface area (Å²) >= 11 is 0. The third kappa shape index (κ3) is 5.54. The van der Waals surface area contributed by atoms with Gasteiger partial charge < -0.3 is 9.47 Å². The van der Waals surface area contributed by atoms with E-state index in [1.807, 2.05) is 0 Å². The molecule has 0 unspecified atom stereocenters. The number of methoxy groups -OCH3 is 1. The van der Waals surface area contributed by atoms with Crippen LogP contribution in [0.5, 0.6) is 11.5 Å². The Balaban J connectivity index is 1.82. The summed E-state index contributed by atoms with van der Waals surface area (Å²) in [4.78, 5) is 0. The third-order valence-electron chi connectivity index (χ3n) is 3.04. The number of benzene rings is 2. The molecule has 0 atom stereocenters. The summed E-state index contributed by atoms with van der Waals surface area (Å²) in [5.74, 6) is 0.296. The molecule has 5 nitrogen and oxygen atoms in total. The summed E-state index contributed by atoms with van der Waals surface area (Å²) in [6.45, 7) is 0.248. The highest BCUT2D eigenvalue weighted by molar-refractivity contribution is 7.88. The third-order valence-corrected chi connectivity index (χ3v) is 4.37. The van der Waals surface area contributed by atoms with Crippen molar-refractivity contribution in [3.8, 4) is 11.5 Å². The number of hydrogen-bond donors (Lipinski definition) is 1. The molecule has 2 rings (SSSR count). The second kappa shape index (κ2) is 7.94. The molecule has 2 aromatic carbocycles. The lowest BCUT2D eigenvalue weighted by molar-refractivity contribution is 0.320. The minimum atomic E-state index is -3.62. The van der Waals surface area contributed by atoms with E-state index in [-0.39, 0.29) is 18.7 Å². The van der Waals surface area contributed by atoms with Crippen molar-refractivity contribution in [2.75, 3.05) is 20.3 Å². The Labute approximate surface area is 135 Å². The van der Waals surface area contributed by atoms with E-state index in [2.05, 4.69) is 4.72 Å². The number of ether oxygens (including phenoxy) is 2. The Morgan fingerprint density at radius 2 is 1.83 bits per heavy atom. The van der Waals surface area contributed by atoms with Gasteiger partial charge >= 0.3 is 0 Å². The van der Waals surface area contributed by atoms with E-state index < -0.39 is 21.6 Å². The first kappa shape index (κ1) is 17.2. The van der Waals surface area contributed by atoms with Crippen LogP contribution >= 0.6 is 0 Å². The van der Waals surface area contributed by atoms with Crippen molar-refractivity contribution in [2.45, 2.75) is 5.75 Å². The van der Waals surface area contributed by atoms with E-state index in [0.717, 1.165) is 0 Å². The maximum atomic E-state index is 13.5. The van der Waals surface area contributed by atoms with Gasteiger partial charge in [-0.05, 0) is 18.2 Å². The van der Waals surface area contributed by atoms with E-state index in [0.29, 0.717) is 11.5 Å². The van der Waals surface area contributed by atoms with Gasteiger partial charge in [0.05, 0.1) is 12.9 Å². The van der Waals surface area contributed by atoms with Crippen LogP contribution in [0.1, 0.15) is 5.56 Å². The Kier molecular flexibility index (Phi) is 5.95. The van der Waals surface area contributed by atoms with Gasteiger partial charge in [0.2, 0.25) is 10.0 Å². The van der Waals surface area contributed by atoms with Gasteiger partial charge in [0.25, 0.3) is 0 Å². The van der Waals surface area contributed by atoms with Crippen LogP contribution in [0.2, 0.25) is 0 Å². The molecule has 2 aromatic rings. The fourth-order valence-electron chi connectivity index (χ4n) is 1.93. The lowest BCUT2D eigenvalue weighted by atomic mass is 10.2. The number of hydrogen-bond acceptors (Lipinski definition) is 4. The normalized spacial score (nSPS) is 11.2. The van der Waals surface area contributed by atoms with Gasteiger partial charge in [0, 0.05) is 18.2 Å². The average molecular weight is 339 g/mol. The summed E-state index contributed by atoms with van der Waals surface area (Å²) in [5, 5.41) is 0. The Morgan fingerprint density at radius 3 is 2.57 bits per heavy atom. The van der Waals surface area contributed by atoms with E-state index in [9.17, 15) is 12.8 Å². The van der Waals surface area contributed by atoms with Gasteiger partial charge in [-0.15, -0.1) is 0 Å². The molecule has 0 aliphatic carbocycles. The molecule has 0 spiro atoms. The SMILES string of the molecule is COc1cccc(OCCNS(=O)(=O)Cc2ccccc2F)c1. The van der Waals surface area contributed by atoms with Crippen LogP contribution in [0, 0.1) is 5.82 Å². The quantitative estimate of drug-likeness (QED) is 0.750. The number of rotatable bonds is 8. The molecular formula is C16H18FNO4S. The Bertz CT molecular complexity index is 749. The van der Waals surface area contributed by atoms with Crippen LogP contribution in [0.15, 0.2) is 48.5 Å².